The van der Waals surface area contributed by atoms with Crippen LogP contribution in [0, 0.1) is 5.82 Å². The van der Waals surface area contributed by atoms with Crippen LogP contribution in [0.2, 0.25) is 0 Å². The van der Waals surface area contributed by atoms with Gasteiger partial charge in [-0.1, -0.05) is 6.07 Å². The van der Waals surface area contributed by atoms with E-state index in [0.29, 0.717) is 17.2 Å². The zero-order valence-corrected chi connectivity index (χ0v) is 9.35. The van der Waals surface area contributed by atoms with Gasteiger partial charge in [0.2, 0.25) is 6.79 Å². The fraction of sp³-hybridized carbons (Fsp3) is 0.0769. The summed E-state index contributed by atoms with van der Waals surface area (Å²) in [6.45, 7) is 0.195. The summed E-state index contributed by atoms with van der Waals surface area (Å²) in [6, 6.07) is 9.52. The topological polar surface area (TPSA) is 53.7 Å². The average Bonchev–Trinajstić information content (AvgIpc) is 2.82. The molecule has 0 amide bonds. The molecule has 0 bridgehead atoms. The minimum Gasteiger partial charge on any atom is -0.455 e. The summed E-state index contributed by atoms with van der Waals surface area (Å²) in [5.74, 6) is 1.54. The van der Waals surface area contributed by atoms with Crippen LogP contribution < -0.4 is 19.9 Å². The molecule has 92 valence electrons. The van der Waals surface area contributed by atoms with E-state index >= 15 is 0 Å². The molecule has 1 aliphatic rings. The number of para-hydroxylation sites is 1. The second kappa shape index (κ2) is 4.10. The van der Waals surface area contributed by atoms with Crippen molar-refractivity contribution in [2.75, 3.05) is 12.5 Å². The molecular formula is C13H10FNO3. The smallest absolute Gasteiger partial charge is 0.231 e. The Morgan fingerprint density at radius 2 is 1.94 bits per heavy atom. The van der Waals surface area contributed by atoms with Crippen molar-refractivity contribution in [2.24, 2.45) is 0 Å². The quantitative estimate of drug-likeness (QED) is 0.829. The molecule has 0 aromatic heterocycles. The van der Waals surface area contributed by atoms with Crippen molar-refractivity contribution in [3.63, 3.8) is 0 Å². The molecule has 0 atom stereocenters. The van der Waals surface area contributed by atoms with Gasteiger partial charge in [-0.3, -0.25) is 0 Å². The lowest BCUT2D eigenvalue weighted by atomic mass is 10.2. The summed E-state index contributed by atoms with van der Waals surface area (Å²) >= 11 is 0. The van der Waals surface area contributed by atoms with Crippen LogP contribution >= 0.6 is 0 Å². The van der Waals surface area contributed by atoms with E-state index in [1.54, 1.807) is 24.3 Å². The van der Waals surface area contributed by atoms with Crippen molar-refractivity contribution < 1.29 is 18.6 Å². The van der Waals surface area contributed by atoms with Gasteiger partial charge in [0.25, 0.3) is 0 Å². The number of hydrogen-bond acceptors (Lipinski definition) is 4. The van der Waals surface area contributed by atoms with Crippen molar-refractivity contribution in [2.45, 2.75) is 0 Å². The minimum absolute atomic E-state index is 0.0184. The zero-order valence-electron chi connectivity index (χ0n) is 9.35. The van der Waals surface area contributed by atoms with Crippen molar-refractivity contribution in [1.29, 1.82) is 0 Å². The maximum atomic E-state index is 13.3. The Morgan fingerprint density at radius 1 is 1.11 bits per heavy atom. The molecule has 4 nitrogen and oxygen atoms in total. The van der Waals surface area contributed by atoms with Crippen LogP contribution in [-0.4, -0.2) is 6.79 Å². The van der Waals surface area contributed by atoms with Crippen LogP contribution in [0.5, 0.6) is 23.0 Å². The highest BCUT2D eigenvalue weighted by atomic mass is 19.1. The van der Waals surface area contributed by atoms with Crippen LogP contribution in [0.25, 0.3) is 0 Å². The molecule has 0 spiro atoms. The SMILES string of the molecule is Nc1c(F)cccc1Oc1ccc2c(c1)OCO2. The Kier molecular flexibility index (Phi) is 2.44. The van der Waals surface area contributed by atoms with Crippen molar-refractivity contribution in [1.82, 2.24) is 0 Å². The normalized spacial score (nSPS) is 12.5. The number of ether oxygens (including phenoxy) is 3. The summed E-state index contributed by atoms with van der Waals surface area (Å²) in [5, 5.41) is 0. The van der Waals surface area contributed by atoms with Crippen LogP contribution in [0.3, 0.4) is 0 Å². The van der Waals surface area contributed by atoms with Crippen LogP contribution in [0.1, 0.15) is 0 Å². The molecule has 2 aromatic rings. The van der Waals surface area contributed by atoms with Gasteiger partial charge in [0.1, 0.15) is 17.3 Å². The molecule has 0 radical (unpaired) electrons. The summed E-state index contributed by atoms with van der Waals surface area (Å²) in [7, 11) is 0. The second-order valence-electron chi connectivity index (χ2n) is 3.77. The largest absolute Gasteiger partial charge is 0.455 e. The lowest BCUT2D eigenvalue weighted by Gasteiger charge is -2.09. The molecule has 5 heteroatoms. The summed E-state index contributed by atoms with van der Waals surface area (Å²) in [4.78, 5) is 0. The van der Waals surface area contributed by atoms with Crippen LogP contribution in [-0.2, 0) is 0 Å². The second-order valence-corrected chi connectivity index (χ2v) is 3.77. The third-order valence-corrected chi connectivity index (χ3v) is 2.58. The molecule has 0 fully saturated rings. The molecule has 2 aromatic carbocycles. The summed E-state index contributed by atoms with van der Waals surface area (Å²) in [6.07, 6.45) is 0. The van der Waals surface area contributed by atoms with E-state index < -0.39 is 5.82 Å². The standard InChI is InChI=1S/C13H10FNO3/c14-9-2-1-3-11(13(9)15)18-8-4-5-10-12(6-8)17-7-16-10/h1-6H,7,15H2. The number of benzene rings is 2. The van der Waals surface area contributed by atoms with Gasteiger partial charge in [0, 0.05) is 6.07 Å². The lowest BCUT2D eigenvalue weighted by Crippen LogP contribution is -1.95. The lowest BCUT2D eigenvalue weighted by molar-refractivity contribution is 0.174. The van der Waals surface area contributed by atoms with Crippen LogP contribution in [0.15, 0.2) is 36.4 Å². The number of nitrogens with two attached hydrogens (primary N) is 1. The van der Waals surface area contributed by atoms with Gasteiger partial charge in [0.05, 0.1) is 0 Å². The van der Waals surface area contributed by atoms with Crippen molar-refractivity contribution in [3.05, 3.63) is 42.2 Å². The van der Waals surface area contributed by atoms with E-state index in [1.165, 1.54) is 12.1 Å². The van der Waals surface area contributed by atoms with Gasteiger partial charge < -0.3 is 19.9 Å². The van der Waals surface area contributed by atoms with Gasteiger partial charge in [0.15, 0.2) is 17.2 Å². The molecule has 3 rings (SSSR count). The Labute approximate surface area is 103 Å². The number of rotatable bonds is 2. The predicted octanol–water partition coefficient (Wildman–Crippen LogP) is 2.93. The molecule has 18 heavy (non-hydrogen) atoms. The molecule has 0 unspecified atom stereocenters. The van der Waals surface area contributed by atoms with Crippen LogP contribution in [0.4, 0.5) is 10.1 Å². The third-order valence-electron chi connectivity index (χ3n) is 2.58. The number of halogens is 1. The Balaban J connectivity index is 1.90. The number of nitrogen functional groups attached to an aromatic ring is 1. The van der Waals surface area contributed by atoms with Gasteiger partial charge in [-0.25, -0.2) is 4.39 Å². The highest BCUT2D eigenvalue weighted by Gasteiger charge is 2.14. The number of hydrogen-bond donors (Lipinski definition) is 1. The average molecular weight is 247 g/mol. The van der Waals surface area contributed by atoms with Gasteiger partial charge in [-0.15, -0.1) is 0 Å². The Hall–Kier alpha value is -2.43. The molecule has 0 saturated heterocycles. The van der Waals surface area contributed by atoms with Crippen molar-refractivity contribution >= 4 is 5.69 Å². The first-order chi connectivity index (χ1) is 8.74. The zero-order chi connectivity index (χ0) is 12.5. The maximum absolute atomic E-state index is 13.3. The third kappa shape index (κ3) is 1.79. The van der Waals surface area contributed by atoms with E-state index in [2.05, 4.69) is 0 Å². The van der Waals surface area contributed by atoms with E-state index in [9.17, 15) is 4.39 Å². The van der Waals surface area contributed by atoms with Crippen molar-refractivity contribution in [3.8, 4) is 23.0 Å². The molecular weight excluding hydrogens is 237 g/mol. The van der Waals surface area contributed by atoms with E-state index in [4.69, 9.17) is 19.9 Å². The number of anilines is 1. The fourth-order valence-electron chi connectivity index (χ4n) is 1.67. The van der Waals surface area contributed by atoms with Gasteiger partial charge in [-0.2, -0.15) is 0 Å². The first-order valence-corrected chi connectivity index (χ1v) is 5.35. The number of fused-ring (bicyclic) bond motifs is 1. The van der Waals surface area contributed by atoms with Gasteiger partial charge in [-0.05, 0) is 24.3 Å². The predicted molar refractivity (Wildman–Crippen MR) is 63.5 cm³/mol. The molecule has 0 aliphatic carbocycles. The van der Waals surface area contributed by atoms with E-state index in [-0.39, 0.29) is 18.2 Å². The highest BCUT2D eigenvalue weighted by molar-refractivity contribution is 5.56. The Bertz CT molecular complexity index is 601. The summed E-state index contributed by atoms with van der Waals surface area (Å²) < 4.78 is 29.2. The maximum Gasteiger partial charge on any atom is 0.231 e. The minimum atomic E-state index is -0.506. The highest BCUT2D eigenvalue weighted by Crippen LogP contribution is 2.37. The molecule has 1 heterocycles. The Morgan fingerprint density at radius 3 is 2.83 bits per heavy atom. The van der Waals surface area contributed by atoms with Gasteiger partial charge >= 0.3 is 0 Å². The first-order valence-electron chi connectivity index (χ1n) is 5.35. The summed E-state index contributed by atoms with van der Waals surface area (Å²) in [5.41, 5.74) is 5.57. The molecule has 1 aliphatic heterocycles. The monoisotopic (exact) mass is 247 g/mol. The van der Waals surface area contributed by atoms with E-state index in [0.717, 1.165) is 0 Å². The fourth-order valence-corrected chi connectivity index (χ4v) is 1.67. The molecule has 0 saturated carbocycles. The van der Waals surface area contributed by atoms with E-state index in [1.807, 2.05) is 0 Å². The molecule has 2 N–H and O–H groups in total. The first kappa shape index (κ1) is 10.7.